The number of ether oxygens (including phenoxy) is 2. The van der Waals surface area contributed by atoms with Crippen molar-refractivity contribution < 1.29 is 29.3 Å². The Kier molecular flexibility index (Phi) is 6.67. The number of hydrogen-bond acceptors (Lipinski definition) is 4. The van der Waals surface area contributed by atoms with E-state index in [2.05, 4.69) is 0 Å². The smallest absolute Gasteiger partial charge is 0.317 e. The maximum atomic E-state index is 10.6. The molecular formula is C12H20O6. The lowest BCUT2D eigenvalue weighted by atomic mass is 10.0. The van der Waals surface area contributed by atoms with Crippen LogP contribution in [0.2, 0.25) is 0 Å². The average Bonchev–Trinajstić information content (AvgIpc) is 2.34. The van der Waals surface area contributed by atoms with E-state index >= 15 is 0 Å². The molecule has 1 atom stereocenters. The van der Waals surface area contributed by atoms with Crippen LogP contribution in [0.5, 0.6) is 0 Å². The topological polar surface area (TPSA) is 93.1 Å². The average molecular weight is 260 g/mol. The van der Waals surface area contributed by atoms with Gasteiger partial charge in [-0.2, -0.15) is 0 Å². The van der Waals surface area contributed by atoms with Crippen LogP contribution in [-0.4, -0.2) is 41.7 Å². The molecule has 1 aliphatic heterocycles. The predicted octanol–water partition coefficient (Wildman–Crippen LogP) is 1.49. The second-order valence-electron chi connectivity index (χ2n) is 4.39. The highest BCUT2D eigenvalue weighted by molar-refractivity contribution is 5.92. The van der Waals surface area contributed by atoms with Gasteiger partial charge in [0.1, 0.15) is 0 Å². The molecule has 0 saturated carbocycles. The van der Waals surface area contributed by atoms with Crippen LogP contribution in [0.1, 0.15) is 38.5 Å². The minimum atomic E-state index is -1.31. The Bertz CT molecular complexity index is 258. The molecule has 1 aliphatic rings. The number of carboxylic acids is 2. The van der Waals surface area contributed by atoms with Crippen LogP contribution in [0.3, 0.4) is 0 Å². The van der Waals surface area contributed by atoms with E-state index in [1.54, 1.807) is 0 Å². The highest BCUT2D eigenvalue weighted by Gasteiger charge is 2.24. The van der Waals surface area contributed by atoms with Crippen molar-refractivity contribution in [2.24, 2.45) is 5.92 Å². The van der Waals surface area contributed by atoms with E-state index in [4.69, 9.17) is 19.7 Å². The molecule has 2 N–H and O–H groups in total. The number of carboxylic acid groups (broad SMARTS) is 2. The van der Waals surface area contributed by atoms with Crippen molar-refractivity contribution in [2.45, 2.75) is 44.8 Å². The van der Waals surface area contributed by atoms with Gasteiger partial charge in [-0.3, -0.25) is 9.59 Å². The van der Waals surface area contributed by atoms with Gasteiger partial charge in [0.2, 0.25) is 0 Å². The van der Waals surface area contributed by atoms with Gasteiger partial charge in [-0.15, -0.1) is 0 Å². The highest BCUT2D eigenvalue weighted by atomic mass is 16.7. The van der Waals surface area contributed by atoms with Gasteiger partial charge in [-0.1, -0.05) is 0 Å². The van der Waals surface area contributed by atoms with E-state index in [-0.39, 0.29) is 12.7 Å². The zero-order valence-electron chi connectivity index (χ0n) is 10.3. The van der Waals surface area contributed by atoms with Gasteiger partial charge in [0.15, 0.2) is 12.2 Å². The third kappa shape index (κ3) is 5.46. The van der Waals surface area contributed by atoms with Crippen molar-refractivity contribution >= 4 is 11.9 Å². The maximum Gasteiger partial charge on any atom is 0.317 e. The summed E-state index contributed by atoms with van der Waals surface area (Å²) in [6, 6.07) is 0. The van der Waals surface area contributed by atoms with Crippen molar-refractivity contribution in [3.63, 3.8) is 0 Å². The molecule has 0 bridgehead atoms. The second-order valence-corrected chi connectivity index (χ2v) is 4.39. The Balaban J connectivity index is 2.06. The normalized spacial score (nSPS) is 19.9. The summed E-state index contributed by atoms with van der Waals surface area (Å²) in [5.41, 5.74) is 0. The van der Waals surface area contributed by atoms with Crippen molar-refractivity contribution in [1.29, 1.82) is 0 Å². The summed E-state index contributed by atoms with van der Waals surface area (Å²) in [7, 11) is 0. The first-order valence-corrected chi connectivity index (χ1v) is 6.30. The maximum absolute atomic E-state index is 10.6. The third-order valence-electron chi connectivity index (χ3n) is 2.92. The molecule has 6 nitrogen and oxygen atoms in total. The summed E-state index contributed by atoms with van der Waals surface area (Å²) in [6.45, 7) is 1.21. The molecule has 104 valence electrons. The molecule has 0 radical (unpaired) electrons. The number of rotatable bonds is 8. The molecule has 0 aromatic carbocycles. The van der Waals surface area contributed by atoms with Gasteiger partial charge in [0, 0.05) is 13.2 Å². The fourth-order valence-corrected chi connectivity index (χ4v) is 1.86. The minimum absolute atomic E-state index is 0.138. The summed E-state index contributed by atoms with van der Waals surface area (Å²) < 4.78 is 10.8. The van der Waals surface area contributed by atoms with Gasteiger partial charge < -0.3 is 19.7 Å². The lowest BCUT2D eigenvalue weighted by Crippen LogP contribution is -2.24. The Labute approximate surface area is 106 Å². The number of hydrogen-bond donors (Lipinski definition) is 2. The van der Waals surface area contributed by atoms with Crippen LogP contribution in [0, 0.1) is 5.92 Å². The summed E-state index contributed by atoms with van der Waals surface area (Å²) >= 11 is 0. The second kappa shape index (κ2) is 8.05. The molecule has 0 spiro atoms. The molecule has 1 fully saturated rings. The summed E-state index contributed by atoms with van der Waals surface area (Å²) in [5, 5.41) is 17.3. The first kappa shape index (κ1) is 14.9. The van der Waals surface area contributed by atoms with Gasteiger partial charge in [-0.05, 0) is 38.5 Å². The number of carbonyl (C=O) groups is 2. The molecule has 0 amide bonds. The molecule has 0 aliphatic carbocycles. The van der Waals surface area contributed by atoms with Crippen molar-refractivity contribution in [1.82, 2.24) is 0 Å². The first-order chi connectivity index (χ1) is 8.61. The zero-order chi connectivity index (χ0) is 13.4. The molecule has 0 aromatic heterocycles. The van der Waals surface area contributed by atoms with Gasteiger partial charge in [-0.25, -0.2) is 0 Å². The van der Waals surface area contributed by atoms with Gasteiger partial charge >= 0.3 is 11.9 Å². The van der Waals surface area contributed by atoms with Crippen molar-refractivity contribution in [2.75, 3.05) is 13.2 Å². The summed E-state index contributed by atoms with van der Waals surface area (Å²) in [6.07, 6.45) is 4.23. The molecular weight excluding hydrogens is 240 g/mol. The SMILES string of the molecule is O=C(O)C(CCCCOC1CCCCO1)C(=O)O. The minimum Gasteiger partial charge on any atom is -0.481 e. The van der Waals surface area contributed by atoms with E-state index in [9.17, 15) is 9.59 Å². The Morgan fingerprint density at radius 1 is 1.22 bits per heavy atom. The highest BCUT2D eigenvalue weighted by Crippen LogP contribution is 2.15. The summed E-state index contributed by atoms with van der Waals surface area (Å²) in [5.74, 6) is -3.87. The van der Waals surface area contributed by atoms with E-state index in [0.29, 0.717) is 19.4 Å². The molecule has 1 unspecified atom stereocenters. The molecule has 1 heterocycles. The van der Waals surface area contributed by atoms with Crippen molar-refractivity contribution in [3.05, 3.63) is 0 Å². The lowest BCUT2D eigenvalue weighted by Gasteiger charge is -2.22. The van der Waals surface area contributed by atoms with Gasteiger partial charge in [0.05, 0.1) is 0 Å². The van der Waals surface area contributed by atoms with Crippen LogP contribution in [-0.2, 0) is 19.1 Å². The van der Waals surface area contributed by atoms with Crippen LogP contribution < -0.4 is 0 Å². The zero-order valence-corrected chi connectivity index (χ0v) is 10.3. The van der Waals surface area contributed by atoms with E-state index in [0.717, 1.165) is 25.9 Å². The van der Waals surface area contributed by atoms with Gasteiger partial charge in [0.25, 0.3) is 0 Å². The Hall–Kier alpha value is -1.14. The fraction of sp³-hybridized carbons (Fsp3) is 0.833. The Morgan fingerprint density at radius 3 is 2.50 bits per heavy atom. The predicted molar refractivity (Wildman–Crippen MR) is 62.2 cm³/mol. The largest absolute Gasteiger partial charge is 0.481 e. The van der Waals surface area contributed by atoms with Crippen LogP contribution >= 0.6 is 0 Å². The standard InChI is InChI=1S/C12H20O6/c13-11(14)9(12(15)16)5-1-3-7-17-10-6-2-4-8-18-10/h9-10H,1-8H2,(H,13,14)(H,15,16). The summed E-state index contributed by atoms with van der Waals surface area (Å²) in [4.78, 5) is 21.2. The fourth-order valence-electron chi connectivity index (χ4n) is 1.86. The molecule has 1 rings (SSSR count). The monoisotopic (exact) mass is 260 g/mol. The molecule has 6 heteroatoms. The number of unbranched alkanes of at least 4 members (excludes halogenated alkanes) is 1. The van der Waals surface area contributed by atoms with E-state index < -0.39 is 17.9 Å². The van der Waals surface area contributed by atoms with E-state index in [1.165, 1.54) is 0 Å². The number of aliphatic carboxylic acids is 2. The molecule has 0 aromatic rings. The molecule has 1 saturated heterocycles. The van der Waals surface area contributed by atoms with Crippen LogP contribution in [0.25, 0.3) is 0 Å². The van der Waals surface area contributed by atoms with Crippen LogP contribution in [0.15, 0.2) is 0 Å². The Morgan fingerprint density at radius 2 is 1.94 bits per heavy atom. The third-order valence-corrected chi connectivity index (χ3v) is 2.92. The van der Waals surface area contributed by atoms with Crippen molar-refractivity contribution in [3.8, 4) is 0 Å². The molecule has 18 heavy (non-hydrogen) atoms. The quantitative estimate of drug-likeness (QED) is 0.507. The van der Waals surface area contributed by atoms with Crippen LogP contribution in [0.4, 0.5) is 0 Å². The lowest BCUT2D eigenvalue weighted by molar-refractivity contribution is -0.163. The first-order valence-electron chi connectivity index (χ1n) is 6.30. The van der Waals surface area contributed by atoms with E-state index in [1.807, 2.05) is 0 Å².